The minimum Gasteiger partial charge on any atom is -0.489 e. The van der Waals surface area contributed by atoms with Crippen LogP contribution >= 0.6 is 12.4 Å². The van der Waals surface area contributed by atoms with Gasteiger partial charge < -0.3 is 10.1 Å². The van der Waals surface area contributed by atoms with Gasteiger partial charge in [0.2, 0.25) is 0 Å². The third kappa shape index (κ3) is 4.14. The molecule has 0 aromatic heterocycles. The van der Waals surface area contributed by atoms with Crippen LogP contribution in [0.4, 0.5) is 5.69 Å². The fourth-order valence-electron chi connectivity index (χ4n) is 3.63. The first-order chi connectivity index (χ1) is 11.8. The van der Waals surface area contributed by atoms with E-state index in [-0.39, 0.29) is 18.3 Å². The van der Waals surface area contributed by atoms with Gasteiger partial charge in [-0.1, -0.05) is 18.2 Å². The van der Waals surface area contributed by atoms with Gasteiger partial charge in [0.1, 0.15) is 11.9 Å². The van der Waals surface area contributed by atoms with E-state index in [4.69, 9.17) is 4.74 Å². The van der Waals surface area contributed by atoms with Crippen molar-refractivity contribution in [2.45, 2.75) is 18.9 Å². The van der Waals surface area contributed by atoms with E-state index in [1.54, 1.807) is 12.1 Å². The van der Waals surface area contributed by atoms with Gasteiger partial charge >= 0.3 is 0 Å². The molecule has 25 heavy (non-hydrogen) atoms. The average Bonchev–Trinajstić information content (AvgIpc) is 2.65. The van der Waals surface area contributed by atoms with Gasteiger partial charge in [0.15, 0.2) is 0 Å². The van der Waals surface area contributed by atoms with E-state index in [0.717, 1.165) is 18.0 Å². The number of carbonyl (C=O) groups excluding carboxylic acids is 1. The summed E-state index contributed by atoms with van der Waals surface area (Å²) >= 11 is 0. The highest BCUT2D eigenvalue weighted by Crippen LogP contribution is 2.31. The molecule has 2 aromatic rings. The molecule has 3 saturated heterocycles. The van der Waals surface area contributed by atoms with E-state index >= 15 is 0 Å². The van der Waals surface area contributed by atoms with Crippen LogP contribution in [-0.4, -0.2) is 36.5 Å². The van der Waals surface area contributed by atoms with Gasteiger partial charge in [0.25, 0.3) is 5.91 Å². The Morgan fingerprint density at radius 2 is 1.68 bits per heavy atom. The highest BCUT2D eigenvalue weighted by atomic mass is 35.5. The molecule has 0 spiro atoms. The van der Waals surface area contributed by atoms with Gasteiger partial charge in [0.05, 0.1) is 0 Å². The molecule has 1 atom stereocenters. The van der Waals surface area contributed by atoms with E-state index in [1.165, 1.54) is 25.9 Å². The highest BCUT2D eigenvalue weighted by molar-refractivity contribution is 6.04. The maximum atomic E-state index is 12.2. The molecule has 2 bridgehead atoms. The Morgan fingerprint density at radius 3 is 2.28 bits per heavy atom. The number of halogens is 1. The van der Waals surface area contributed by atoms with Gasteiger partial charge in [-0.25, -0.2) is 0 Å². The zero-order valence-electron chi connectivity index (χ0n) is 14.1. The number of hydrogen-bond donors (Lipinski definition) is 1. The summed E-state index contributed by atoms with van der Waals surface area (Å²) in [7, 11) is 0. The van der Waals surface area contributed by atoms with Gasteiger partial charge in [0, 0.05) is 17.8 Å². The predicted molar refractivity (Wildman–Crippen MR) is 102 cm³/mol. The zero-order chi connectivity index (χ0) is 16.4. The van der Waals surface area contributed by atoms with Gasteiger partial charge in [-0.3, -0.25) is 9.69 Å². The topological polar surface area (TPSA) is 41.6 Å². The van der Waals surface area contributed by atoms with Crippen molar-refractivity contribution in [2.24, 2.45) is 5.92 Å². The minimum absolute atomic E-state index is 0. The summed E-state index contributed by atoms with van der Waals surface area (Å²) in [5, 5.41) is 2.91. The van der Waals surface area contributed by atoms with Crippen molar-refractivity contribution in [2.75, 3.05) is 25.0 Å². The Balaban J connectivity index is 0.00000182. The summed E-state index contributed by atoms with van der Waals surface area (Å²) in [5.74, 6) is 1.47. The molecule has 0 radical (unpaired) electrons. The Bertz CT molecular complexity index is 697. The van der Waals surface area contributed by atoms with Crippen LogP contribution < -0.4 is 10.1 Å². The molecule has 4 nitrogen and oxygen atoms in total. The number of benzene rings is 2. The minimum atomic E-state index is -0.0957. The van der Waals surface area contributed by atoms with Crippen LogP contribution in [0, 0.1) is 5.92 Å². The summed E-state index contributed by atoms with van der Waals surface area (Å²) in [6.45, 7) is 3.47. The standard InChI is InChI=1S/C20H22N2O2.ClH/c23-20(16-4-2-1-3-5-16)21-17-6-8-18(9-7-17)24-19-14-22-12-10-15(19)11-13-22;/h1-9,15,19H,10-14H2,(H,21,23);1H. The molecule has 3 aliphatic heterocycles. The molecule has 132 valence electrons. The van der Waals surface area contributed by atoms with Gasteiger partial charge in [-0.15, -0.1) is 12.4 Å². The van der Waals surface area contributed by atoms with Crippen LogP contribution in [-0.2, 0) is 0 Å². The second kappa shape index (κ2) is 7.89. The third-order valence-electron chi connectivity index (χ3n) is 5.03. The number of anilines is 1. The summed E-state index contributed by atoms with van der Waals surface area (Å²) < 4.78 is 6.18. The van der Waals surface area contributed by atoms with E-state index in [1.807, 2.05) is 42.5 Å². The first-order valence-corrected chi connectivity index (χ1v) is 8.63. The first kappa shape index (κ1) is 17.8. The van der Waals surface area contributed by atoms with E-state index < -0.39 is 0 Å². The summed E-state index contributed by atoms with van der Waals surface area (Å²) in [4.78, 5) is 14.6. The lowest BCUT2D eigenvalue weighted by Crippen LogP contribution is -2.52. The van der Waals surface area contributed by atoms with Gasteiger partial charge in [-0.2, -0.15) is 0 Å². The molecule has 5 heteroatoms. The molecular weight excluding hydrogens is 336 g/mol. The van der Waals surface area contributed by atoms with Crippen molar-refractivity contribution in [1.29, 1.82) is 0 Å². The van der Waals surface area contributed by atoms with Crippen LogP contribution in [0.25, 0.3) is 0 Å². The quantitative estimate of drug-likeness (QED) is 0.903. The lowest BCUT2D eigenvalue weighted by atomic mass is 9.86. The number of ether oxygens (including phenoxy) is 1. The maximum Gasteiger partial charge on any atom is 0.255 e. The number of amides is 1. The molecule has 3 aliphatic rings. The first-order valence-electron chi connectivity index (χ1n) is 8.63. The summed E-state index contributed by atoms with van der Waals surface area (Å²) in [5.41, 5.74) is 1.44. The Morgan fingerprint density at radius 1 is 1.00 bits per heavy atom. The van der Waals surface area contributed by atoms with Crippen molar-refractivity contribution < 1.29 is 9.53 Å². The van der Waals surface area contributed by atoms with E-state index in [9.17, 15) is 4.79 Å². The summed E-state index contributed by atoms with van der Waals surface area (Å²) in [6.07, 6.45) is 2.79. The second-order valence-corrected chi connectivity index (χ2v) is 6.64. The Hall–Kier alpha value is -2.04. The number of hydrogen-bond acceptors (Lipinski definition) is 3. The molecule has 5 rings (SSSR count). The number of carbonyl (C=O) groups is 1. The van der Waals surface area contributed by atoms with Crippen LogP contribution in [0.3, 0.4) is 0 Å². The van der Waals surface area contributed by atoms with E-state index in [0.29, 0.717) is 17.6 Å². The fraction of sp³-hybridized carbons (Fsp3) is 0.350. The second-order valence-electron chi connectivity index (χ2n) is 6.64. The van der Waals surface area contributed by atoms with Gasteiger partial charge in [-0.05, 0) is 68.2 Å². The van der Waals surface area contributed by atoms with Crippen molar-refractivity contribution in [3.63, 3.8) is 0 Å². The molecule has 0 saturated carbocycles. The van der Waals surface area contributed by atoms with Crippen LogP contribution in [0.15, 0.2) is 54.6 Å². The number of fused-ring (bicyclic) bond motifs is 3. The highest BCUT2D eigenvalue weighted by Gasteiger charge is 2.35. The molecule has 1 amide bonds. The number of rotatable bonds is 4. The largest absolute Gasteiger partial charge is 0.489 e. The number of piperidine rings is 3. The smallest absolute Gasteiger partial charge is 0.255 e. The Kier molecular flexibility index (Phi) is 5.61. The molecule has 0 aliphatic carbocycles. The number of nitrogens with zero attached hydrogens (tertiary/aromatic N) is 1. The monoisotopic (exact) mass is 358 g/mol. The lowest BCUT2D eigenvalue weighted by Gasteiger charge is -2.44. The lowest BCUT2D eigenvalue weighted by molar-refractivity contribution is -0.00775. The van der Waals surface area contributed by atoms with Crippen LogP contribution in [0.2, 0.25) is 0 Å². The zero-order valence-corrected chi connectivity index (χ0v) is 14.9. The SMILES string of the molecule is Cl.O=C(Nc1ccc(OC2CN3CCC2CC3)cc1)c1ccccc1. The van der Waals surface area contributed by atoms with Crippen molar-refractivity contribution in [1.82, 2.24) is 4.90 Å². The molecule has 3 heterocycles. The maximum absolute atomic E-state index is 12.2. The van der Waals surface area contributed by atoms with Crippen molar-refractivity contribution in [3.05, 3.63) is 60.2 Å². The number of nitrogens with one attached hydrogen (secondary N) is 1. The molecular formula is C20H23ClN2O2. The summed E-state index contributed by atoms with van der Waals surface area (Å²) in [6, 6.07) is 16.9. The van der Waals surface area contributed by atoms with Crippen molar-refractivity contribution >= 4 is 24.0 Å². The Labute approximate surface area is 154 Å². The van der Waals surface area contributed by atoms with Crippen molar-refractivity contribution in [3.8, 4) is 5.75 Å². The fourth-order valence-corrected chi connectivity index (χ4v) is 3.63. The van der Waals surface area contributed by atoms with E-state index in [2.05, 4.69) is 10.2 Å². The molecule has 1 N–H and O–H groups in total. The normalized spacial score (nSPS) is 24.2. The predicted octanol–water partition coefficient (Wildman–Crippen LogP) is 3.83. The molecule has 2 aromatic carbocycles. The molecule has 1 unspecified atom stereocenters. The average molecular weight is 359 g/mol. The molecule has 3 fully saturated rings. The third-order valence-corrected chi connectivity index (χ3v) is 5.03. The van der Waals surface area contributed by atoms with Crippen LogP contribution in [0.1, 0.15) is 23.2 Å². The van der Waals surface area contributed by atoms with Crippen LogP contribution in [0.5, 0.6) is 5.75 Å².